The van der Waals surface area contributed by atoms with Crippen molar-refractivity contribution >= 4 is 11.2 Å². The van der Waals surface area contributed by atoms with Gasteiger partial charge < -0.3 is 14.6 Å². The molecule has 2 aromatic heterocycles. The Morgan fingerprint density at radius 1 is 1.00 bits per heavy atom. The standard InChI is InChI=1S/C25H26N6O3/c1-17-19(4-2-6-21(17)31-24-20(27-28-31)5-3-9-26-24)25(32)30-12-10-29(11-13-30)15-18-7-8-22-23(14-18)34-16-33-22/h2-9,14,25,32H,10-13,15-16H2,1H3. The molecule has 1 unspecified atom stereocenters. The molecule has 9 heteroatoms. The first kappa shape index (κ1) is 21.0. The van der Waals surface area contributed by atoms with Gasteiger partial charge in [-0.2, -0.15) is 4.68 Å². The zero-order valence-corrected chi connectivity index (χ0v) is 19.0. The highest BCUT2D eigenvalue weighted by Crippen LogP contribution is 2.33. The molecule has 4 heterocycles. The summed E-state index contributed by atoms with van der Waals surface area (Å²) in [6.07, 6.45) is 1.05. The molecule has 1 atom stereocenters. The van der Waals surface area contributed by atoms with Crippen LogP contribution in [0.1, 0.15) is 22.9 Å². The summed E-state index contributed by atoms with van der Waals surface area (Å²) in [4.78, 5) is 8.95. The summed E-state index contributed by atoms with van der Waals surface area (Å²) in [5.74, 6) is 1.63. The van der Waals surface area contributed by atoms with Gasteiger partial charge in [-0.15, -0.1) is 5.10 Å². The van der Waals surface area contributed by atoms with Gasteiger partial charge in [-0.05, 0) is 48.4 Å². The molecule has 0 bridgehead atoms. The van der Waals surface area contributed by atoms with Crippen molar-refractivity contribution in [2.75, 3.05) is 33.0 Å². The average molecular weight is 459 g/mol. The highest BCUT2D eigenvalue weighted by atomic mass is 16.7. The summed E-state index contributed by atoms with van der Waals surface area (Å²) in [7, 11) is 0. The number of rotatable bonds is 5. The molecule has 34 heavy (non-hydrogen) atoms. The summed E-state index contributed by atoms with van der Waals surface area (Å²) in [5.41, 5.74) is 5.37. The fourth-order valence-electron chi connectivity index (χ4n) is 4.74. The van der Waals surface area contributed by atoms with Crippen molar-refractivity contribution in [1.29, 1.82) is 0 Å². The SMILES string of the molecule is Cc1c(C(O)N2CCN(Cc3ccc4c(c3)OCO4)CC2)cccc1-n1nnc2cccnc21. The minimum Gasteiger partial charge on any atom is -0.454 e. The molecule has 0 aliphatic carbocycles. The number of aliphatic hydroxyl groups is 1. The van der Waals surface area contributed by atoms with Gasteiger partial charge in [-0.1, -0.05) is 23.4 Å². The number of aliphatic hydroxyl groups excluding tert-OH is 1. The van der Waals surface area contributed by atoms with E-state index < -0.39 is 6.23 Å². The third-order valence-corrected chi connectivity index (χ3v) is 6.66. The molecule has 0 amide bonds. The van der Waals surface area contributed by atoms with E-state index in [1.165, 1.54) is 5.56 Å². The first-order valence-corrected chi connectivity index (χ1v) is 11.5. The molecule has 6 rings (SSSR count). The van der Waals surface area contributed by atoms with E-state index in [0.29, 0.717) is 12.4 Å². The van der Waals surface area contributed by atoms with E-state index in [1.807, 2.05) is 43.3 Å². The van der Waals surface area contributed by atoms with Crippen molar-refractivity contribution in [3.63, 3.8) is 0 Å². The van der Waals surface area contributed by atoms with Crippen LogP contribution in [0.4, 0.5) is 0 Å². The Kier molecular flexibility index (Phi) is 5.37. The van der Waals surface area contributed by atoms with Crippen molar-refractivity contribution in [2.45, 2.75) is 19.7 Å². The molecule has 1 N–H and O–H groups in total. The summed E-state index contributed by atoms with van der Waals surface area (Å²) >= 11 is 0. The number of hydrogen-bond donors (Lipinski definition) is 1. The lowest BCUT2D eigenvalue weighted by Gasteiger charge is -2.37. The molecule has 2 aliphatic rings. The van der Waals surface area contributed by atoms with Crippen molar-refractivity contribution < 1.29 is 14.6 Å². The maximum absolute atomic E-state index is 11.3. The largest absolute Gasteiger partial charge is 0.454 e. The van der Waals surface area contributed by atoms with E-state index in [0.717, 1.165) is 66.6 Å². The Labute approximate surface area is 197 Å². The number of aromatic nitrogens is 4. The summed E-state index contributed by atoms with van der Waals surface area (Å²) < 4.78 is 12.6. The van der Waals surface area contributed by atoms with Crippen molar-refractivity contribution in [3.05, 3.63) is 71.4 Å². The number of benzene rings is 2. The summed E-state index contributed by atoms with van der Waals surface area (Å²) in [5, 5.41) is 19.8. The lowest BCUT2D eigenvalue weighted by atomic mass is 10.0. The molecule has 0 saturated carbocycles. The molecule has 0 radical (unpaired) electrons. The Morgan fingerprint density at radius 2 is 1.85 bits per heavy atom. The third kappa shape index (κ3) is 3.77. The topological polar surface area (TPSA) is 88.8 Å². The molecule has 0 spiro atoms. The zero-order chi connectivity index (χ0) is 23.1. The number of ether oxygens (including phenoxy) is 2. The normalized spacial score (nSPS) is 17.4. The summed E-state index contributed by atoms with van der Waals surface area (Å²) in [6, 6.07) is 15.8. The van der Waals surface area contributed by atoms with Crippen LogP contribution in [0.2, 0.25) is 0 Å². The Hall–Kier alpha value is -3.53. The molecule has 9 nitrogen and oxygen atoms in total. The van der Waals surface area contributed by atoms with Gasteiger partial charge in [-0.25, -0.2) is 4.98 Å². The van der Waals surface area contributed by atoms with E-state index >= 15 is 0 Å². The van der Waals surface area contributed by atoms with Crippen LogP contribution in [0.3, 0.4) is 0 Å². The van der Waals surface area contributed by atoms with Gasteiger partial charge in [0.05, 0.1) is 5.69 Å². The number of hydrogen-bond acceptors (Lipinski definition) is 8. The number of pyridine rings is 1. The van der Waals surface area contributed by atoms with Crippen LogP contribution in [0.5, 0.6) is 11.5 Å². The second-order valence-electron chi connectivity index (χ2n) is 8.71. The predicted molar refractivity (Wildman–Crippen MR) is 126 cm³/mol. The average Bonchev–Trinajstić information content (AvgIpc) is 3.51. The molecule has 2 aliphatic heterocycles. The number of fused-ring (bicyclic) bond motifs is 2. The molecular weight excluding hydrogens is 432 g/mol. The van der Waals surface area contributed by atoms with Crippen LogP contribution >= 0.6 is 0 Å². The third-order valence-electron chi connectivity index (χ3n) is 6.66. The Morgan fingerprint density at radius 3 is 2.74 bits per heavy atom. The van der Waals surface area contributed by atoms with E-state index in [4.69, 9.17) is 9.47 Å². The molecule has 2 aromatic carbocycles. The van der Waals surface area contributed by atoms with E-state index in [-0.39, 0.29) is 0 Å². The Bertz CT molecular complexity index is 1330. The van der Waals surface area contributed by atoms with Crippen LogP contribution in [0.15, 0.2) is 54.7 Å². The van der Waals surface area contributed by atoms with Crippen molar-refractivity contribution in [3.8, 4) is 17.2 Å². The van der Waals surface area contributed by atoms with E-state index in [1.54, 1.807) is 10.9 Å². The van der Waals surface area contributed by atoms with Crippen molar-refractivity contribution in [2.24, 2.45) is 0 Å². The van der Waals surface area contributed by atoms with Gasteiger partial charge >= 0.3 is 0 Å². The fourth-order valence-corrected chi connectivity index (χ4v) is 4.74. The smallest absolute Gasteiger partial charge is 0.231 e. The predicted octanol–water partition coefficient (Wildman–Crippen LogP) is 2.66. The lowest BCUT2D eigenvalue weighted by Crippen LogP contribution is -2.47. The van der Waals surface area contributed by atoms with Gasteiger partial charge in [0, 0.05) is 44.5 Å². The maximum atomic E-state index is 11.3. The van der Waals surface area contributed by atoms with Crippen LogP contribution in [-0.2, 0) is 6.54 Å². The minimum absolute atomic E-state index is 0.291. The van der Waals surface area contributed by atoms with E-state index in [9.17, 15) is 5.11 Å². The molecule has 4 aromatic rings. The monoisotopic (exact) mass is 458 g/mol. The van der Waals surface area contributed by atoms with Crippen LogP contribution in [-0.4, -0.2) is 67.9 Å². The zero-order valence-electron chi connectivity index (χ0n) is 19.0. The fraction of sp³-hybridized carbons (Fsp3) is 0.320. The molecular formula is C25H26N6O3. The Balaban J connectivity index is 1.15. The van der Waals surface area contributed by atoms with Crippen LogP contribution < -0.4 is 9.47 Å². The first-order chi connectivity index (χ1) is 16.7. The van der Waals surface area contributed by atoms with E-state index in [2.05, 4.69) is 37.2 Å². The first-order valence-electron chi connectivity index (χ1n) is 11.5. The van der Waals surface area contributed by atoms with Gasteiger partial charge in [0.15, 0.2) is 17.1 Å². The quantitative estimate of drug-likeness (QED) is 0.488. The number of nitrogens with zero attached hydrogens (tertiary/aromatic N) is 6. The highest BCUT2D eigenvalue weighted by Gasteiger charge is 2.26. The molecule has 1 fully saturated rings. The maximum Gasteiger partial charge on any atom is 0.231 e. The number of piperazine rings is 1. The molecule has 1 saturated heterocycles. The lowest BCUT2D eigenvalue weighted by molar-refractivity contribution is -0.0289. The second-order valence-corrected chi connectivity index (χ2v) is 8.71. The highest BCUT2D eigenvalue weighted by molar-refractivity contribution is 5.71. The minimum atomic E-state index is -0.685. The molecule has 174 valence electrons. The summed E-state index contributed by atoms with van der Waals surface area (Å²) in [6.45, 7) is 6.47. The van der Waals surface area contributed by atoms with Gasteiger partial charge in [0.25, 0.3) is 0 Å². The van der Waals surface area contributed by atoms with Gasteiger partial charge in [-0.3, -0.25) is 9.80 Å². The van der Waals surface area contributed by atoms with Crippen molar-refractivity contribution in [1.82, 2.24) is 29.8 Å². The van der Waals surface area contributed by atoms with Gasteiger partial charge in [0.1, 0.15) is 11.7 Å². The second kappa shape index (κ2) is 8.68. The van der Waals surface area contributed by atoms with Gasteiger partial charge in [0.2, 0.25) is 6.79 Å². The van der Waals surface area contributed by atoms with Crippen LogP contribution in [0, 0.1) is 6.92 Å². The van der Waals surface area contributed by atoms with Crippen LogP contribution in [0.25, 0.3) is 16.9 Å².